The predicted octanol–water partition coefficient (Wildman–Crippen LogP) is 1.69. The maximum Gasteiger partial charge on any atom is 0.408 e. The average molecular weight is 237 g/mol. The van der Waals surface area contributed by atoms with E-state index >= 15 is 0 Å². The van der Waals surface area contributed by atoms with Crippen LogP contribution in [0.2, 0.25) is 0 Å². The molecule has 1 aromatic carbocycles. The third-order valence-electron chi connectivity index (χ3n) is 2.20. The van der Waals surface area contributed by atoms with Gasteiger partial charge < -0.3 is 15.2 Å². The van der Waals surface area contributed by atoms with Gasteiger partial charge in [-0.2, -0.15) is 0 Å². The van der Waals surface area contributed by atoms with Crippen LogP contribution in [-0.2, 0) is 16.1 Å². The van der Waals surface area contributed by atoms with E-state index in [9.17, 15) is 9.59 Å². The lowest BCUT2D eigenvalue weighted by Crippen LogP contribution is -2.38. The summed E-state index contributed by atoms with van der Waals surface area (Å²) in [4.78, 5) is 21.7. The molecule has 5 heteroatoms. The molecule has 92 valence electrons. The Morgan fingerprint density at radius 2 is 1.94 bits per heavy atom. The Morgan fingerprint density at radius 3 is 2.47 bits per heavy atom. The fourth-order valence-corrected chi connectivity index (χ4v) is 1.11. The van der Waals surface area contributed by atoms with Gasteiger partial charge in [0.05, 0.1) is 0 Å². The van der Waals surface area contributed by atoms with Crippen LogP contribution in [0.15, 0.2) is 24.3 Å². The van der Waals surface area contributed by atoms with Crippen LogP contribution in [-0.4, -0.2) is 23.2 Å². The second kappa shape index (κ2) is 5.89. The standard InChI is InChI=1S/C12H15NO4/c1-8-3-5-10(6-4-8)7-17-12(16)13-9(2)11(14)15/h3-6,9H,7H2,1-2H3,(H,13,16)(H,14,15)/t9-/m1/s1. The van der Waals surface area contributed by atoms with Crippen molar-refractivity contribution in [3.05, 3.63) is 35.4 Å². The molecule has 5 nitrogen and oxygen atoms in total. The Labute approximate surface area is 99.4 Å². The van der Waals surface area contributed by atoms with Crippen molar-refractivity contribution in [2.75, 3.05) is 0 Å². The molecule has 0 aliphatic rings. The molecule has 0 aliphatic carbocycles. The molecule has 1 atom stereocenters. The number of hydrogen-bond acceptors (Lipinski definition) is 3. The first-order valence-corrected chi connectivity index (χ1v) is 5.20. The van der Waals surface area contributed by atoms with E-state index in [1.54, 1.807) is 0 Å². The van der Waals surface area contributed by atoms with E-state index in [0.717, 1.165) is 11.1 Å². The molecule has 0 heterocycles. The van der Waals surface area contributed by atoms with Crippen LogP contribution in [0.1, 0.15) is 18.1 Å². The molecule has 0 spiro atoms. The first kappa shape index (κ1) is 13.0. The molecule has 0 bridgehead atoms. The molecule has 1 aromatic rings. The van der Waals surface area contributed by atoms with Gasteiger partial charge in [0.25, 0.3) is 0 Å². The Hall–Kier alpha value is -2.04. The van der Waals surface area contributed by atoms with Gasteiger partial charge in [-0.15, -0.1) is 0 Å². The molecular weight excluding hydrogens is 222 g/mol. The molecule has 0 saturated heterocycles. The fourth-order valence-electron chi connectivity index (χ4n) is 1.11. The second-order valence-electron chi connectivity index (χ2n) is 3.77. The molecule has 0 radical (unpaired) electrons. The van der Waals surface area contributed by atoms with Crippen molar-refractivity contribution >= 4 is 12.1 Å². The number of benzene rings is 1. The summed E-state index contributed by atoms with van der Waals surface area (Å²) < 4.78 is 4.88. The number of carbonyl (C=O) groups is 2. The zero-order valence-corrected chi connectivity index (χ0v) is 9.77. The van der Waals surface area contributed by atoms with Gasteiger partial charge in [0.15, 0.2) is 0 Å². The number of ether oxygens (including phenoxy) is 1. The van der Waals surface area contributed by atoms with Gasteiger partial charge in [-0.05, 0) is 19.4 Å². The molecule has 0 unspecified atom stereocenters. The summed E-state index contributed by atoms with van der Waals surface area (Å²) in [6, 6.07) is 6.57. The predicted molar refractivity (Wildman–Crippen MR) is 61.6 cm³/mol. The van der Waals surface area contributed by atoms with Gasteiger partial charge in [-0.3, -0.25) is 4.79 Å². The number of rotatable bonds is 4. The third-order valence-corrected chi connectivity index (χ3v) is 2.20. The van der Waals surface area contributed by atoms with Crippen molar-refractivity contribution < 1.29 is 19.4 Å². The molecule has 0 aliphatic heterocycles. The van der Waals surface area contributed by atoms with E-state index < -0.39 is 18.1 Å². The highest BCUT2D eigenvalue weighted by Gasteiger charge is 2.14. The maximum atomic E-state index is 11.2. The summed E-state index contributed by atoms with van der Waals surface area (Å²) >= 11 is 0. The third kappa shape index (κ3) is 4.55. The number of hydrogen-bond donors (Lipinski definition) is 2. The first-order valence-electron chi connectivity index (χ1n) is 5.20. The van der Waals surface area contributed by atoms with Crippen molar-refractivity contribution in [2.24, 2.45) is 0 Å². The van der Waals surface area contributed by atoms with Crippen molar-refractivity contribution in [2.45, 2.75) is 26.5 Å². The minimum atomic E-state index is -1.10. The van der Waals surface area contributed by atoms with Crippen LogP contribution in [0.4, 0.5) is 4.79 Å². The number of carboxylic acids is 1. The summed E-state index contributed by atoms with van der Waals surface area (Å²) in [5.41, 5.74) is 1.98. The van der Waals surface area contributed by atoms with Gasteiger partial charge in [0.2, 0.25) is 0 Å². The van der Waals surface area contributed by atoms with E-state index in [1.807, 2.05) is 31.2 Å². The highest BCUT2D eigenvalue weighted by Crippen LogP contribution is 2.04. The van der Waals surface area contributed by atoms with Crippen LogP contribution in [0.3, 0.4) is 0 Å². The SMILES string of the molecule is Cc1ccc(COC(=O)N[C@H](C)C(=O)O)cc1. The summed E-state index contributed by atoms with van der Waals surface area (Å²) in [6.45, 7) is 3.46. The zero-order valence-electron chi connectivity index (χ0n) is 9.77. The maximum absolute atomic E-state index is 11.2. The first-order chi connectivity index (χ1) is 7.99. The summed E-state index contributed by atoms with van der Waals surface area (Å²) in [7, 11) is 0. The van der Waals surface area contributed by atoms with Gasteiger partial charge >= 0.3 is 12.1 Å². The number of nitrogens with one attached hydrogen (secondary N) is 1. The number of carbonyl (C=O) groups excluding carboxylic acids is 1. The van der Waals surface area contributed by atoms with Gasteiger partial charge in [0, 0.05) is 0 Å². The second-order valence-corrected chi connectivity index (χ2v) is 3.77. The van der Waals surface area contributed by atoms with Crippen molar-refractivity contribution in [1.82, 2.24) is 5.32 Å². The van der Waals surface area contributed by atoms with Gasteiger partial charge in [0.1, 0.15) is 12.6 Å². The molecule has 17 heavy (non-hydrogen) atoms. The topological polar surface area (TPSA) is 75.6 Å². The Morgan fingerprint density at radius 1 is 1.35 bits per heavy atom. The number of alkyl carbamates (subject to hydrolysis) is 1. The van der Waals surface area contributed by atoms with Crippen LogP contribution in [0.25, 0.3) is 0 Å². The lowest BCUT2D eigenvalue weighted by molar-refractivity contribution is -0.138. The summed E-state index contributed by atoms with van der Waals surface area (Å²) in [5.74, 6) is -1.10. The largest absolute Gasteiger partial charge is 0.480 e. The summed E-state index contributed by atoms with van der Waals surface area (Å²) in [6.07, 6.45) is -0.736. The molecule has 2 N–H and O–H groups in total. The van der Waals surface area contributed by atoms with Crippen LogP contribution in [0.5, 0.6) is 0 Å². The Kier molecular flexibility index (Phi) is 4.51. The highest BCUT2D eigenvalue weighted by molar-refractivity contribution is 5.79. The minimum Gasteiger partial charge on any atom is -0.480 e. The fraction of sp³-hybridized carbons (Fsp3) is 0.333. The van der Waals surface area contributed by atoms with Crippen molar-refractivity contribution in [3.63, 3.8) is 0 Å². The lowest BCUT2D eigenvalue weighted by atomic mass is 10.2. The van der Waals surface area contributed by atoms with E-state index in [1.165, 1.54) is 6.92 Å². The lowest BCUT2D eigenvalue weighted by Gasteiger charge is -2.10. The molecular formula is C12H15NO4. The van der Waals surface area contributed by atoms with E-state index in [2.05, 4.69) is 5.32 Å². The van der Waals surface area contributed by atoms with E-state index in [0.29, 0.717) is 0 Å². The van der Waals surface area contributed by atoms with Crippen LogP contribution < -0.4 is 5.32 Å². The number of aliphatic carboxylic acids is 1. The monoisotopic (exact) mass is 237 g/mol. The highest BCUT2D eigenvalue weighted by atomic mass is 16.5. The average Bonchev–Trinajstić information content (AvgIpc) is 2.28. The molecule has 0 fully saturated rings. The Bertz CT molecular complexity index is 399. The summed E-state index contributed by atoms with van der Waals surface area (Å²) in [5, 5.41) is 10.8. The number of carboxylic acid groups (broad SMARTS) is 1. The normalized spacial score (nSPS) is 11.6. The molecule has 0 aromatic heterocycles. The quantitative estimate of drug-likeness (QED) is 0.835. The number of aryl methyl sites for hydroxylation is 1. The Balaban J connectivity index is 2.38. The van der Waals surface area contributed by atoms with Gasteiger partial charge in [-0.1, -0.05) is 29.8 Å². The van der Waals surface area contributed by atoms with Crippen molar-refractivity contribution in [1.29, 1.82) is 0 Å². The van der Waals surface area contributed by atoms with E-state index in [4.69, 9.17) is 9.84 Å². The van der Waals surface area contributed by atoms with Gasteiger partial charge in [-0.25, -0.2) is 4.79 Å². The smallest absolute Gasteiger partial charge is 0.408 e. The van der Waals surface area contributed by atoms with E-state index in [-0.39, 0.29) is 6.61 Å². The number of amides is 1. The molecule has 1 amide bonds. The molecule has 1 rings (SSSR count). The van der Waals surface area contributed by atoms with Crippen molar-refractivity contribution in [3.8, 4) is 0 Å². The molecule has 0 saturated carbocycles. The zero-order chi connectivity index (χ0) is 12.8. The van der Waals surface area contributed by atoms with Crippen LogP contribution >= 0.6 is 0 Å². The van der Waals surface area contributed by atoms with Crippen LogP contribution in [0, 0.1) is 6.92 Å². The minimum absolute atomic E-state index is 0.123.